The number of anilines is 2. The summed E-state index contributed by atoms with van der Waals surface area (Å²) in [6, 6.07) is 7.45. The molecule has 29 heavy (non-hydrogen) atoms. The van der Waals surface area contributed by atoms with Gasteiger partial charge >= 0.3 is 0 Å². The lowest BCUT2D eigenvalue weighted by molar-refractivity contribution is 0.101. The summed E-state index contributed by atoms with van der Waals surface area (Å²) < 4.78 is 29.0. The Bertz CT molecular complexity index is 1140. The molecule has 1 aromatic carbocycles. The van der Waals surface area contributed by atoms with Gasteiger partial charge in [-0.2, -0.15) is 5.10 Å². The van der Waals surface area contributed by atoms with Crippen LogP contribution in [0.1, 0.15) is 28.8 Å². The number of aromatic nitrogens is 4. The molecule has 0 saturated heterocycles. The van der Waals surface area contributed by atoms with E-state index in [2.05, 4.69) is 25.1 Å². The van der Waals surface area contributed by atoms with Gasteiger partial charge in [-0.15, -0.1) is 0 Å². The molecule has 0 saturated carbocycles. The van der Waals surface area contributed by atoms with Crippen LogP contribution >= 0.6 is 11.6 Å². The van der Waals surface area contributed by atoms with Crippen molar-refractivity contribution < 1.29 is 13.2 Å². The highest BCUT2D eigenvalue weighted by atomic mass is 35.5. The van der Waals surface area contributed by atoms with E-state index in [1.54, 1.807) is 19.9 Å². The summed E-state index contributed by atoms with van der Waals surface area (Å²) in [5.74, 6) is -0.436. The molecule has 11 heteroatoms. The molecular formula is C18H19ClN6O3S. The average molecular weight is 435 g/mol. The minimum absolute atomic E-state index is 0.00217. The van der Waals surface area contributed by atoms with Gasteiger partial charge in [0.15, 0.2) is 0 Å². The van der Waals surface area contributed by atoms with Crippen molar-refractivity contribution in [1.29, 1.82) is 0 Å². The Morgan fingerprint density at radius 2 is 1.76 bits per heavy atom. The number of benzene rings is 1. The van der Waals surface area contributed by atoms with Crippen molar-refractivity contribution in [2.75, 3.05) is 10.0 Å². The molecule has 0 radical (unpaired) electrons. The summed E-state index contributed by atoms with van der Waals surface area (Å²) in [7, 11) is -3.88. The lowest BCUT2D eigenvalue weighted by Gasteiger charge is -2.10. The smallest absolute Gasteiger partial charge is 0.275 e. The third-order valence-corrected chi connectivity index (χ3v) is 5.56. The molecule has 1 amide bonds. The Morgan fingerprint density at radius 1 is 1.14 bits per heavy atom. The summed E-state index contributed by atoms with van der Waals surface area (Å²) in [4.78, 5) is 20.6. The van der Waals surface area contributed by atoms with E-state index < -0.39 is 15.9 Å². The van der Waals surface area contributed by atoms with Gasteiger partial charge in [0.1, 0.15) is 5.69 Å². The number of halogens is 1. The van der Waals surface area contributed by atoms with Crippen molar-refractivity contribution in [3.8, 4) is 0 Å². The lowest BCUT2D eigenvalue weighted by atomic mass is 10.3. The first kappa shape index (κ1) is 20.7. The van der Waals surface area contributed by atoms with E-state index in [1.807, 2.05) is 6.92 Å². The minimum atomic E-state index is -3.88. The van der Waals surface area contributed by atoms with E-state index in [0.717, 1.165) is 0 Å². The van der Waals surface area contributed by atoms with Gasteiger partial charge in [0.2, 0.25) is 5.95 Å². The number of hydrogen-bond acceptors (Lipinski definition) is 6. The first-order valence-corrected chi connectivity index (χ1v) is 10.5. The van der Waals surface area contributed by atoms with E-state index in [-0.39, 0.29) is 21.6 Å². The molecule has 0 atom stereocenters. The fraction of sp³-hybridized carbons (Fsp3) is 0.222. The molecule has 2 N–H and O–H groups in total. The van der Waals surface area contributed by atoms with Gasteiger partial charge in [-0.3, -0.25) is 9.48 Å². The number of nitrogens with one attached hydrogen (secondary N) is 2. The standard InChI is InChI=1S/C18H19ClN6O3S/c1-4-25-16(15(19)10-20-25)17(26)23-13-5-7-14(8-6-13)29(27,28)24-18-21-11(2)9-12(3)22-18/h5-10H,4H2,1-3H3,(H,23,26)(H,21,22,24). The molecular weight excluding hydrogens is 416 g/mol. The van der Waals surface area contributed by atoms with E-state index in [1.165, 1.54) is 35.1 Å². The van der Waals surface area contributed by atoms with Crippen LogP contribution in [0.2, 0.25) is 5.02 Å². The van der Waals surface area contributed by atoms with Crippen molar-refractivity contribution in [3.05, 3.63) is 58.6 Å². The summed E-state index contributed by atoms with van der Waals surface area (Å²) in [5, 5.41) is 6.94. The summed E-state index contributed by atoms with van der Waals surface area (Å²) in [6.07, 6.45) is 1.40. The van der Waals surface area contributed by atoms with Gasteiger partial charge in [0, 0.05) is 23.6 Å². The first-order valence-electron chi connectivity index (χ1n) is 8.67. The van der Waals surface area contributed by atoms with Gasteiger partial charge in [-0.25, -0.2) is 23.1 Å². The third kappa shape index (κ3) is 4.72. The molecule has 0 aliphatic rings. The number of carbonyl (C=O) groups excluding carboxylic acids is 1. The van der Waals surface area contributed by atoms with Crippen LogP contribution in [-0.2, 0) is 16.6 Å². The second-order valence-corrected chi connectivity index (χ2v) is 8.30. The molecule has 3 aromatic rings. The molecule has 2 aromatic heterocycles. The first-order chi connectivity index (χ1) is 13.7. The maximum Gasteiger partial charge on any atom is 0.275 e. The Kier molecular flexibility index (Phi) is 5.85. The van der Waals surface area contributed by atoms with Gasteiger partial charge < -0.3 is 5.32 Å². The number of aryl methyl sites for hydroxylation is 3. The highest BCUT2D eigenvalue weighted by molar-refractivity contribution is 7.92. The highest BCUT2D eigenvalue weighted by Crippen LogP contribution is 2.20. The number of amides is 1. The zero-order valence-electron chi connectivity index (χ0n) is 16.0. The highest BCUT2D eigenvalue weighted by Gasteiger charge is 2.19. The van der Waals surface area contributed by atoms with E-state index in [0.29, 0.717) is 23.6 Å². The van der Waals surface area contributed by atoms with Crippen molar-refractivity contribution in [2.24, 2.45) is 0 Å². The predicted molar refractivity (Wildman–Crippen MR) is 110 cm³/mol. The number of hydrogen-bond donors (Lipinski definition) is 2. The lowest BCUT2D eigenvalue weighted by Crippen LogP contribution is -2.18. The Labute approximate surface area is 173 Å². The maximum atomic E-state index is 12.6. The van der Waals surface area contributed by atoms with Gasteiger partial charge in [0.25, 0.3) is 15.9 Å². The van der Waals surface area contributed by atoms with Gasteiger partial charge in [0.05, 0.1) is 16.1 Å². The predicted octanol–water partition coefficient (Wildman–Crippen LogP) is 3.02. The molecule has 0 unspecified atom stereocenters. The molecule has 0 bridgehead atoms. The van der Waals surface area contributed by atoms with Crippen molar-refractivity contribution >= 4 is 39.2 Å². The SMILES string of the molecule is CCn1ncc(Cl)c1C(=O)Nc1ccc(S(=O)(=O)Nc2nc(C)cc(C)n2)cc1. The molecule has 152 valence electrons. The van der Waals surface area contributed by atoms with Crippen LogP contribution in [0.5, 0.6) is 0 Å². The van der Waals surface area contributed by atoms with Crippen molar-refractivity contribution in [1.82, 2.24) is 19.7 Å². The van der Waals surface area contributed by atoms with E-state index in [9.17, 15) is 13.2 Å². The molecule has 3 rings (SSSR count). The Morgan fingerprint density at radius 3 is 2.34 bits per heavy atom. The topological polar surface area (TPSA) is 119 Å². The molecule has 2 heterocycles. The third-order valence-electron chi connectivity index (χ3n) is 3.94. The Hall–Kier alpha value is -2.98. The van der Waals surface area contributed by atoms with E-state index in [4.69, 9.17) is 11.6 Å². The second-order valence-electron chi connectivity index (χ2n) is 6.22. The maximum absolute atomic E-state index is 12.6. The van der Waals surface area contributed by atoms with Crippen LogP contribution < -0.4 is 10.0 Å². The van der Waals surface area contributed by atoms with Gasteiger partial charge in [-0.1, -0.05) is 11.6 Å². The molecule has 0 aliphatic carbocycles. The van der Waals surface area contributed by atoms with Crippen LogP contribution in [0, 0.1) is 13.8 Å². The minimum Gasteiger partial charge on any atom is -0.321 e. The number of sulfonamides is 1. The molecule has 9 nitrogen and oxygen atoms in total. The number of rotatable bonds is 6. The number of carbonyl (C=O) groups is 1. The molecule has 0 aliphatic heterocycles. The number of nitrogens with zero attached hydrogens (tertiary/aromatic N) is 4. The zero-order valence-corrected chi connectivity index (χ0v) is 17.5. The Balaban J connectivity index is 1.77. The van der Waals surface area contributed by atoms with Crippen LogP contribution in [0.25, 0.3) is 0 Å². The zero-order chi connectivity index (χ0) is 21.2. The summed E-state index contributed by atoms with van der Waals surface area (Å²) in [6.45, 7) is 5.83. The van der Waals surface area contributed by atoms with Crippen molar-refractivity contribution in [3.63, 3.8) is 0 Å². The quantitative estimate of drug-likeness (QED) is 0.615. The second kappa shape index (κ2) is 8.18. The van der Waals surface area contributed by atoms with Gasteiger partial charge in [-0.05, 0) is 51.1 Å². The van der Waals surface area contributed by atoms with Crippen LogP contribution in [0.15, 0.2) is 41.4 Å². The van der Waals surface area contributed by atoms with Crippen molar-refractivity contribution in [2.45, 2.75) is 32.2 Å². The molecule has 0 fully saturated rings. The van der Waals surface area contributed by atoms with Crippen LogP contribution in [-0.4, -0.2) is 34.1 Å². The van der Waals surface area contributed by atoms with Crippen LogP contribution in [0.4, 0.5) is 11.6 Å². The summed E-state index contributed by atoms with van der Waals surface area (Å²) >= 11 is 6.03. The average Bonchev–Trinajstić information content (AvgIpc) is 3.01. The van der Waals surface area contributed by atoms with E-state index >= 15 is 0 Å². The normalized spacial score (nSPS) is 11.3. The van der Waals surface area contributed by atoms with Crippen LogP contribution in [0.3, 0.4) is 0 Å². The largest absolute Gasteiger partial charge is 0.321 e. The fourth-order valence-electron chi connectivity index (χ4n) is 2.69. The fourth-order valence-corrected chi connectivity index (χ4v) is 3.86. The summed E-state index contributed by atoms with van der Waals surface area (Å²) in [5.41, 5.74) is 1.95. The molecule has 0 spiro atoms. The monoisotopic (exact) mass is 434 g/mol.